The Bertz CT molecular complexity index is 284. The third-order valence-electron chi connectivity index (χ3n) is 1.59. The molecule has 0 spiro atoms. The first kappa shape index (κ1) is 9.55. The summed E-state index contributed by atoms with van der Waals surface area (Å²) in [5.74, 6) is -0.0907. The molecular weight excluding hydrogens is 194 g/mol. The van der Waals surface area contributed by atoms with Crippen molar-refractivity contribution in [3.05, 3.63) is 21.3 Å². The van der Waals surface area contributed by atoms with Crippen molar-refractivity contribution in [1.82, 2.24) is 0 Å². The van der Waals surface area contributed by atoms with Crippen LogP contribution in [0.15, 0.2) is 12.1 Å². The first-order valence-electron chi connectivity index (χ1n) is 3.63. The van der Waals surface area contributed by atoms with Crippen molar-refractivity contribution in [3.8, 4) is 0 Å². The van der Waals surface area contributed by atoms with E-state index in [0.717, 1.165) is 9.21 Å². The van der Waals surface area contributed by atoms with Gasteiger partial charge >= 0.3 is 0 Å². The second kappa shape index (κ2) is 3.92. The van der Waals surface area contributed by atoms with Gasteiger partial charge in [0.15, 0.2) is 0 Å². The summed E-state index contributed by atoms with van der Waals surface area (Å²) >= 11 is 7.24. The fourth-order valence-corrected chi connectivity index (χ4v) is 2.11. The van der Waals surface area contributed by atoms with Gasteiger partial charge in [-0.1, -0.05) is 18.5 Å². The molecule has 0 aromatic carbocycles. The zero-order valence-electron chi connectivity index (χ0n) is 6.71. The molecule has 1 heterocycles. The lowest BCUT2D eigenvalue weighted by molar-refractivity contribution is -0.118. The Morgan fingerprint density at radius 3 is 2.83 bits per heavy atom. The number of rotatable bonds is 3. The molecule has 0 saturated heterocycles. The molecule has 2 nitrogen and oxygen atoms in total. The van der Waals surface area contributed by atoms with Crippen molar-refractivity contribution < 1.29 is 4.79 Å². The van der Waals surface area contributed by atoms with E-state index in [-0.39, 0.29) is 11.8 Å². The summed E-state index contributed by atoms with van der Waals surface area (Å²) in [6.07, 6.45) is 0.386. The van der Waals surface area contributed by atoms with Gasteiger partial charge < -0.3 is 5.73 Å². The normalized spacial score (nSPS) is 12.8. The first-order chi connectivity index (χ1) is 5.59. The molecule has 0 saturated carbocycles. The highest BCUT2D eigenvalue weighted by molar-refractivity contribution is 7.16. The number of halogens is 1. The third kappa shape index (κ3) is 2.50. The van der Waals surface area contributed by atoms with Crippen LogP contribution in [0.2, 0.25) is 4.34 Å². The number of amides is 1. The predicted octanol–water partition coefficient (Wildman–Crippen LogP) is 2.38. The van der Waals surface area contributed by atoms with Crippen molar-refractivity contribution >= 4 is 28.8 Å². The lowest BCUT2D eigenvalue weighted by Gasteiger charge is -2.04. The molecule has 0 aliphatic carbocycles. The number of primary amides is 1. The molecule has 12 heavy (non-hydrogen) atoms. The summed E-state index contributed by atoms with van der Waals surface area (Å²) in [6, 6.07) is 3.76. The van der Waals surface area contributed by atoms with Crippen LogP contribution in [0.4, 0.5) is 0 Å². The molecule has 0 aliphatic rings. The number of carbonyl (C=O) groups is 1. The average molecular weight is 204 g/mol. The van der Waals surface area contributed by atoms with Crippen molar-refractivity contribution in [1.29, 1.82) is 0 Å². The number of nitrogens with two attached hydrogens (primary N) is 1. The SMILES string of the molecule is CC(CC(N)=O)c1ccc(Cl)s1. The summed E-state index contributed by atoms with van der Waals surface area (Å²) in [5.41, 5.74) is 5.07. The van der Waals surface area contributed by atoms with Crippen LogP contribution in [-0.2, 0) is 4.79 Å². The predicted molar refractivity (Wildman–Crippen MR) is 51.6 cm³/mol. The summed E-state index contributed by atoms with van der Waals surface area (Å²) < 4.78 is 0.751. The van der Waals surface area contributed by atoms with Gasteiger partial charge in [-0.2, -0.15) is 0 Å². The largest absolute Gasteiger partial charge is 0.370 e. The summed E-state index contributed by atoms with van der Waals surface area (Å²) in [7, 11) is 0. The third-order valence-corrected chi connectivity index (χ3v) is 3.05. The van der Waals surface area contributed by atoms with Gasteiger partial charge in [0.2, 0.25) is 5.91 Å². The molecule has 0 radical (unpaired) electrons. The molecule has 0 fully saturated rings. The maximum absolute atomic E-state index is 10.6. The maximum Gasteiger partial charge on any atom is 0.218 e. The van der Waals surface area contributed by atoms with Crippen molar-refractivity contribution in [2.75, 3.05) is 0 Å². The minimum absolute atomic E-state index is 0.181. The van der Waals surface area contributed by atoms with Gasteiger partial charge in [-0.3, -0.25) is 4.79 Å². The van der Waals surface area contributed by atoms with E-state index >= 15 is 0 Å². The highest BCUT2D eigenvalue weighted by Crippen LogP contribution is 2.29. The van der Waals surface area contributed by atoms with Gasteiger partial charge in [0.1, 0.15) is 0 Å². The van der Waals surface area contributed by atoms with Crippen molar-refractivity contribution in [3.63, 3.8) is 0 Å². The minimum Gasteiger partial charge on any atom is -0.370 e. The highest BCUT2D eigenvalue weighted by Gasteiger charge is 2.10. The van der Waals surface area contributed by atoms with E-state index in [1.807, 2.05) is 19.1 Å². The van der Waals surface area contributed by atoms with Gasteiger partial charge in [-0.15, -0.1) is 11.3 Å². The van der Waals surface area contributed by atoms with Crippen LogP contribution < -0.4 is 5.73 Å². The number of hydrogen-bond acceptors (Lipinski definition) is 2. The average Bonchev–Trinajstić information content (AvgIpc) is 2.34. The second-order valence-corrected chi connectivity index (χ2v) is 4.46. The zero-order valence-corrected chi connectivity index (χ0v) is 8.28. The fourth-order valence-electron chi connectivity index (χ4n) is 0.996. The molecule has 1 rings (SSSR count). The van der Waals surface area contributed by atoms with Gasteiger partial charge in [-0.25, -0.2) is 0 Å². The topological polar surface area (TPSA) is 43.1 Å². The Morgan fingerprint density at radius 1 is 1.75 bits per heavy atom. The Morgan fingerprint density at radius 2 is 2.42 bits per heavy atom. The summed E-state index contributed by atoms with van der Waals surface area (Å²) in [4.78, 5) is 11.7. The zero-order chi connectivity index (χ0) is 9.14. The Hall–Kier alpha value is -0.540. The fraction of sp³-hybridized carbons (Fsp3) is 0.375. The standard InChI is InChI=1S/C8H10ClNOS/c1-5(4-8(10)11)6-2-3-7(9)12-6/h2-3,5H,4H2,1H3,(H2,10,11). The maximum atomic E-state index is 10.6. The van der Waals surface area contributed by atoms with E-state index in [4.69, 9.17) is 17.3 Å². The van der Waals surface area contributed by atoms with Crippen molar-refractivity contribution in [2.45, 2.75) is 19.3 Å². The molecule has 4 heteroatoms. The molecule has 1 unspecified atom stereocenters. The molecule has 66 valence electrons. The smallest absolute Gasteiger partial charge is 0.218 e. The number of thiophene rings is 1. The highest BCUT2D eigenvalue weighted by atomic mass is 35.5. The van der Waals surface area contributed by atoms with Crippen LogP contribution in [0.5, 0.6) is 0 Å². The van der Waals surface area contributed by atoms with E-state index in [2.05, 4.69) is 0 Å². The molecule has 2 N–H and O–H groups in total. The Kier molecular flexibility index (Phi) is 3.12. The van der Waals surface area contributed by atoms with Gasteiger partial charge in [-0.05, 0) is 18.1 Å². The number of hydrogen-bond donors (Lipinski definition) is 1. The summed E-state index contributed by atoms with van der Waals surface area (Å²) in [5, 5.41) is 0. The van der Waals surface area contributed by atoms with Gasteiger partial charge in [0.25, 0.3) is 0 Å². The van der Waals surface area contributed by atoms with E-state index in [1.54, 1.807) is 0 Å². The van der Waals surface area contributed by atoms with Gasteiger partial charge in [0.05, 0.1) is 4.34 Å². The van der Waals surface area contributed by atoms with E-state index in [1.165, 1.54) is 11.3 Å². The Labute approximate surface area is 80.3 Å². The molecule has 0 bridgehead atoms. The molecule has 1 aromatic rings. The van der Waals surface area contributed by atoms with Crippen LogP contribution in [0.1, 0.15) is 24.1 Å². The Balaban J connectivity index is 2.64. The van der Waals surface area contributed by atoms with E-state index < -0.39 is 0 Å². The second-order valence-electron chi connectivity index (χ2n) is 2.71. The molecule has 1 amide bonds. The molecule has 1 aromatic heterocycles. The van der Waals surface area contributed by atoms with Crippen LogP contribution in [0.25, 0.3) is 0 Å². The minimum atomic E-state index is -0.271. The van der Waals surface area contributed by atoms with E-state index in [0.29, 0.717) is 6.42 Å². The van der Waals surface area contributed by atoms with Gasteiger partial charge in [0, 0.05) is 11.3 Å². The summed E-state index contributed by atoms with van der Waals surface area (Å²) in [6.45, 7) is 1.97. The van der Waals surface area contributed by atoms with Crippen LogP contribution >= 0.6 is 22.9 Å². The lowest BCUT2D eigenvalue weighted by atomic mass is 10.1. The molecule has 0 aliphatic heterocycles. The lowest BCUT2D eigenvalue weighted by Crippen LogP contribution is -2.13. The monoisotopic (exact) mass is 203 g/mol. The molecular formula is C8H10ClNOS. The quantitative estimate of drug-likeness (QED) is 0.806. The van der Waals surface area contributed by atoms with Crippen molar-refractivity contribution in [2.24, 2.45) is 5.73 Å². The van der Waals surface area contributed by atoms with Crippen LogP contribution in [-0.4, -0.2) is 5.91 Å². The van der Waals surface area contributed by atoms with E-state index in [9.17, 15) is 4.79 Å². The van der Waals surface area contributed by atoms with Crippen LogP contribution in [0, 0.1) is 0 Å². The molecule has 1 atom stereocenters. The van der Waals surface area contributed by atoms with Crippen LogP contribution in [0.3, 0.4) is 0 Å². The first-order valence-corrected chi connectivity index (χ1v) is 4.82. The number of carbonyl (C=O) groups excluding carboxylic acids is 1.